The number of nitrogens with one attached hydrogen (secondary N) is 1. The highest BCUT2D eigenvalue weighted by Crippen LogP contribution is 2.24. The molecule has 1 amide bonds. The van der Waals surface area contributed by atoms with Gasteiger partial charge in [-0.05, 0) is 31.2 Å². The normalized spacial score (nSPS) is 13.7. The average molecular weight is 373 g/mol. The molecule has 3 aromatic rings. The molecule has 0 radical (unpaired) electrons. The Bertz CT molecular complexity index is 1040. The highest BCUT2D eigenvalue weighted by atomic mass is 35.5. The number of aromatic amines is 1. The molecule has 0 unspecified atom stereocenters. The molecule has 7 nitrogen and oxygen atoms in total. The van der Waals surface area contributed by atoms with E-state index in [0.29, 0.717) is 47.7 Å². The summed E-state index contributed by atoms with van der Waals surface area (Å²) < 4.78 is 6.56. The van der Waals surface area contributed by atoms with Crippen molar-refractivity contribution in [1.29, 1.82) is 0 Å². The number of ether oxygens (including phenoxy) is 1. The van der Waals surface area contributed by atoms with Gasteiger partial charge in [-0.2, -0.15) is 0 Å². The van der Waals surface area contributed by atoms with E-state index in [1.165, 1.54) is 4.68 Å². The Morgan fingerprint density at radius 3 is 2.85 bits per heavy atom. The minimum absolute atomic E-state index is 0.189. The van der Waals surface area contributed by atoms with Crippen LogP contribution in [0.4, 0.5) is 4.79 Å². The molecule has 0 saturated heterocycles. The number of amides is 1. The van der Waals surface area contributed by atoms with E-state index >= 15 is 0 Å². The van der Waals surface area contributed by atoms with Crippen LogP contribution in [0.5, 0.6) is 0 Å². The van der Waals surface area contributed by atoms with Gasteiger partial charge in [-0.1, -0.05) is 11.6 Å². The summed E-state index contributed by atoms with van der Waals surface area (Å²) in [4.78, 5) is 30.9. The summed E-state index contributed by atoms with van der Waals surface area (Å²) in [5.74, 6) is 0. The zero-order chi connectivity index (χ0) is 18.3. The Morgan fingerprint density at radius 1 is 1.35 bits per heavy atom. The first-order chi connectivity index (χ1) is 12.6. The van der Waals surface area contributed by atoms with Gasteiger partial charge < -0.3 is 9.64 Å². The van der Waals surface area contributed by atoms with Gasteiger partial charge in [-0.15, -0.1) is 0 Å². The van der Waals surface area contributed by atoms with Crippen molar-refractivity contribution in [3.8, 4) is 5.69 Å². The van der Waals surface area contributed by atoms with Gasteiger partial charge >= 0.3 is 6.09 Å². The summed E-state index contributed by atoms with van der Waals surface area (Å²) in [6.45, 7) is 3.01. The van der Waals surface area contributed by atoms with Crippen molar-refractivity contribution < 1.29 is 9.53 Å². The second-order valence-corrected chi connectivity index (χ2v) is 6.51. The van der Waals surface area contributed by atoms with Crippen LogP contribution in [0.1, 0.15) is 18.2 Å². The molecular weight excluding hydrogens is 356 g/mol. The number of halogens is 1. The fraction of sp³-hybridized carbons (Fsp3) is 0.278. The van der Waals surface area contributed by atoms with Gasteiger partial charge in [0.1, 0.15) is 0 Å². The third-order valence-corrected chi connectivity index (χ3v) is 4.76. The van der Waals surface area contributed by atoms with Crippen LogP contribution in [0.15, 0.2) is 35.3 Å². The molecule has 0 saturated carbocycles. The number of carbonyl (C=O) groups excluding carboxylic acids is 1. The lowest BCUT2D eigenvalue weighted by atomic mass is 10.0. The number of benzene rings is 1. The molecule has 0 aliphatic carbocycles. The van der Waals surface area contributed by atoms with Crippen LogP contribution >= 0.6 is 11.6 Å². The average Bonchev–Trinajstić information content (AvgIpc) is 2.99. The van der Waals surface area contributed by atoms with Crippen molar-refractivity contribution in [1.82, 2.24) is 19.7 Å². The monoisotopic (exact) mass is 372 g/mol. The maximum Gasteiger partial charge on any atom is 0.410 e. The highest BCUT2D eigenvalue weighted by Gasteiger charge is 2.26. The van der Waals surface area contributed by atoms with Gasteiger partial charge in [-0.25, -0.2) is 9.48 Å². The number of fused-ring (bicyclic) bond motifs is 3. The van der Waals surface area contributed by atoms with Crippen LogP contribution in [0.25, 0.3) is 16.6 Å². The van der Waals surface area contributed by atoms with E-state index in [2.05, 4.69) is 10.1 Å². The van der Waals surface area contributed by atoms with Gasteiger partial charge in [-0.3, -0.25) is 14.9 Å². The largest absolute Gasteiger partial charge is 0.450 e. The lowest BCUT2D eigenvalue weighted by molar-refractivity contribution is 0.102. The quantitative estimate of drug-likeness (QED) is 0.750. The molecule has 0 atom stereocenters. The third kappa shape index (κ3) is 2.74. The molecule has 0 spiro atoms. The molecule has 1 N–H and O–H groups in total. The van der Waals surface area contributed by atoms with Crippen LogP contribution in [0.3, 0.4) is 0 Å². The van der Waals surface area contributed by atoms with Crippen molar-refractivity contribution >= 4 is 28.6 Å². The number of aromatic nitrogens is 3. The van der Waals surface area contributed by atoms with Crippen molar-refractivity contribution in [3.05, 3.63) is 57.1 Å². The van der Waals surface area contributed by atoms with Crippen LogP contribution < -0.4 is 5.56 Å². The zero-order valence-electron chi connectivity index (χ0n) is 14.2. The predicted molar refractivity (Wildman–Crippen MR) is 97.8 cm³/mol. The molecule has 3 heterocycles. The maximum absolute atomic E-state index is 12.8. The highest BCUT2D eigenvalue weighted by molar-refractivity contribution is 6.30. The molecule has 26 heavy (non-hydrogen) atoms. The summed E-state index contributed by atoms with van der Waals surface area (Å²) in [5.41, 5.74) is 2.94. The van der Waals surface area contributed by atoms with Crippen LogP contribution in [0.2, 0.25) is 5.02 Å². The van der Waals surface area contributed by atoms with Gasteiger partial charge in [0.15, 0.2) is 0 Å². The maximum atomic E-state index is 12.8. The molecule has 4 rings (SSSR count). The minimum atomic E-state index is -0.352. The summed E-state index contributed by atoms with van der Waals surface area (Å²) in [7, 11) is 0. The van der Waals surface area contributed by atoms with Crippen molar-refractivity contribution in [2.75, 3.05) is 13.2 Å². The first kappa shape index (κ1) is 16.7. The third-order valence-electron chi connectivity index (χ3n) is 4.50. The summed E-state index contributed by atoms with van der Waals surface area (Å²) in [6, 6.07) is 6.99. The molecule has 0 bridgehead atoms. The van der Waals surface area contributed by atoms with Crippen LogP contribution in [-0.4, -0.2) is 38.9 Å². The number of nitrogens with zero attached hydrogens (tertiary/aromatic N) is 3. The number of H-pyrrole nitrogens is 1. The number of hydrogen-bond donors (Lipinski definition) is 1. The number of pyridine rings is 1. The number of carbonyl (C=O) groups is 1. The van der Waals surface area contributed by atoms with E-state index in [-0.39, 0.29) is 11.7 Å². The van der Waals surface area contributed by atoms with Gasteiger partial charge in [0, 0.05) is 35.4 Å². The Hall–Kier alpha value is -2.80. The number of rotatable bonds is 2. The molecule has 134 valence electrons. The molecule has 1 aliphatic rings. The summed E-state index contributed by atoms with van der Waals surface area (Å²) in [5, 5.41) is 4.25. The Balaban J connectivity index is 1.80. The van der Waals surface area contributed by atoms with Crippen molar-refractivity contribution in [2.24, 2.45) is 0 Å². The smallest absolute Gasteiger partial charge is 0.410 e. The second-order valence-electron chi connectivity index (χ2n) is 6.07. The minimum Gasteiger partial charge on any atom is -0.450 e. The van der Waals surface area contributed by atoms with Crippen molar-refractivity contribution in [3.63, 3.8) is 0 Å². The van der Waals surface area contributed by atoms with E-state index in [0.717, 1.165) is 11.3 Å². The first-order valence-corrected chi connectivity index (χ1v) is 8.75. The first-order valence-electron chi connectivity index (χ1n) is 8.37. The Labute approximate surface area is 154 Å². The Morgan fingerprint density at radius 2 is 2.12 bits per heavy atom. The lowest BCUT2D eigenvalue weighted by Crippen LogP contribution is -2.36. The van der Waals surface area contributed by atoms with E-state index in [9.17, 15) is 9.59 Å². The number of hydrogen-bond acceptors (Lipinski definition) is 4. The van der Waals surface area contributed by atoms with Gasteiger partial charge in [0.2, 0.25) is 0 Å². The van der Waals surface area contributed by atoms with E-state index in [1.807, 2.05) is 0 Å². The van der Waals surface area contributed by atoms with E-state index in [4.69, 9.17) is 16.3 Å². The molecule has 8 heteroatoms. The molecule has 0 fully saturated rings. The molecule has 2 aromatic heterocycles. The predicted octanol–water partition coefficient (Wildman–Crippen LogP) is 2.88. The topological polar surface area (TPSA) is 80.2 Å². The van der Waals surface area contributed by atoms with Crippen molar-refractivity contribution in [2.45, 2.75) is 19.9 Å². The van der Waals surface area contributed by atoms with E-state index in [1.54, 1.807) is 42.3 Å². The molecule has 1 aromatic carbocycles. The summed E-state index contributed by atoms with van der Waals surface area (Å²) >= 11 is 5.93. The fourth-order valence-electron chi connectivity index (χ4n) is 3.20. The SMILES string of the molecule is CCOC(=O)N1CCc2ncc3c(=O)n(-c4ccc(Cl)cc4)[nH]c3c2C1. The Kier molecular flexibility index (Phi) is 4.16. The standard InChI is InChI=1S/C18H17ClN4O3/c1-2-26-18(25)22-8-7-15-14(10-22)16-13(9-20-15)17(24)23(21-16)12-5-3-11(19)4-6-12/h3-6,9,21H,2,7-8,10H2,1H3. The fourth-order valence-corrected chi connectivity index (χ4v) is 3.33. The van der Waals surface area contributed by atoms with E-state index < -0.39 is 0 Å². The molecule has 1 aliphatic heterocycles. The van der Waals surface area contributed by atoms with Gasteiger partial charge in [0.25, 0.3) is 5.56 Å². The zero-order valence-corrected chi connectivity index (χ0v) is 14.9. The van der Waals surface area contributed by atoms with Crippen LogP contribution in [0, 0.1) is 0 Å². The van der Waals surface area contributed by atoms with Gasteiger partial charge in [0.05, 0.1) is 29.7 Å². The lowest BCUT2D eigenvalue weighted by Gasteiger charge is -2.27. The molecular formula is C18H17ClN4O3. The van der Waals surface area contributed by atoms with Crippen LogP contribution in [-0.2, 0) is 17.7 Å². The summed E-state index contributed by atoms with van der Waals surface area (Å²) in [6.07, 6.45) is 1.87. The second kappa shape index (κ2) is 6.49.